The second-order valence-electron chi connectivity index (χ2n) is 5.80. The zero-order valence-corrected chi connectivity index (χ0v) is 14.5. The lowest BCUT2D eigenvalue weighted by Crippen LogP contribution is -2.11. The van der Waals surface area contributed by atoms with Crippen LogP contribution in [0.1, 0.15) is 28.9 Å². The van der Waals surface area contributed by atoms with Gasteiger partial charge in [0.15, 0.2) is 0 Å². The number of carbonyl (C=O) groups excluding carboxylic acids is 1. The van der Waals surface area contributed by atoms with Crippen molar-refractivity contribution in [3.8, 4) is 0 Å². The van der Waals surface area contributed by atoms with E-state index in [2.05, 4.69) is 10.3 Å². The standard InChI is InChI=1S/C18H15ClN4O3/c1-10(11-2-5-13(6-3-11)23(25)26)21-16-9-17(19)22-15-7-4-12(18(20)24)8-14(15)16/h2-10H,1H3,(H2,20,24)(H,21,22). The van der Waals surface area contributed by atoms with Crippen molar-refractivity contribution >= 4 is 39.8 Å². The first kappa shape index (κ1) is 17.6. The molecule has 1 heterocycles. The summed E-state index contributed by atoms with van der Waals surface area (Å²) in [5.41, 5.74) is 7.93. The number of hydrogen-bond donors (Lipinski definition) is 2. The number of carbonyl (C=O) groups is 1. The van der Waals surface area contributed by atoms with E-state index >= 15 is 0 Å². The smallest absolute Gasteiger partial charge is 0.269 e. The lowest BCUT2D eigenvalue weighted by atomic mass is 10.1. The van der Waals surface area contributed by atoms with Crippen LogP contribution in [-0.2, 0) is 0 Å². The number of fused-ring (bicyclic) bond motifs is 1. The monoisotopic (exact) mass is 370 g/mol. The molecule has 0 radical (unpaired) electrons. The molecule has 8 heteroatoms. The third kappa shape index (κ3) is 3.57. The predicted octanol–water partition coefficient (Wildman–Crippen LogP) is 4.07. The SMILES string of the molecule is CC(Nc1cc(Cl)nc2ccc(C(N)=O)cc12)c1ccc([N+](=O)[O-])cc1. The average Bonchev–Trinajstić information content (AvgIpc) is 2.61. The van der Waals surface area contributed by atoms with Crippen LogP contribution in [0.3, 0.4) is 0 Å². The molecule has 0 saturated carbocycles. The van der Waals surface area contributed by atoms with Crippen LogP contribution in [0.2, 0.25) is 5.15 Å². The fourth-order valence-corrected chi connectivity index (χ4v) is 2.87. The van der Waals surface area contributed by atoms with Gasteiger partial charge in [0.05, 0.1) is 10.4 Å². The number of primary amides is 1. The van der Waals surface area contributed by atoms with Crippen molar-refractivity contribution in [2.45, 2.75) is 13.0 Å². The Labute approximate surface area is 153 Å². The summed E-state index contributed by atoms with van der Waals surface area (Å²) in [7, 11) is 0. The number of nitro benzene ring substituents is 1. The van der Waals surface area contributed by atoms with Crippen LogP contribution in [0.15, 0.2) is 48.5 Å². The van der Waals surface area contributed by atoms with E-state index in [0.717, 1.165) is 5.56 Å². The molecule has 0 aliphatic rings. The molecule has 2 aromatic carbocycles. The number of amides is 1. The summed E-state index contributed by atoms with van der Waals surface area (Å²) in [6.07, 6.45) is 0. The maximum Gasteiger partial charge on any atom is 0.269 e. The fourth-order valence-electron chi connectivity index (χ4n) is 2.67. The average molecular weight is 371 g/mol. The van der Waals surface area contributed by atoms with Crippen molar-refractivity contribution in [1.82, 2.24) is 4.98 Å². The van der Waals surface area contributed by atoms with Crippen molar-refractivity contribution in [2.75, 3.05) is 5.32 Å². The summed E-state index contributed by atoms with van der Waals surface area (Å²) < 4.78 is 0. The number of nitrogens with one attached hydrogen (secondary N) is 1. The van der Waals surface area contributed by atoms with Crippen LogP contribution in [0.4, 0.5) is 11.4 Å². The first-order valence-electron chi connectivity index (χ1n) is 7.76. The van der Waals surface area contributed by atoms with Crippen molar-refractivity contribution in [3.05, 3.63) is 74.9 Å². The molecule has 0 fully saturated rings. The minimum absolute atomic E-state index is 0.0319. The van der Waals surface area contributed by atoms with E-state index in [1.807, 2.05) is 6.92 Å². The third-order valence-corrected chi connectivity index (χ3v) is 4.23. The number of nitro groups is 1. The first-order chi connectivity index (χ1) is 12.3. The Morgan fingerprint density at radius 3 is 2.54 bits per heavy atom. The van der Waals surface area contributed by atoms with Gasteiger partial charge in [0.25, 0.3) is 5.69 Å². The van der Waals surface area contributed by atoms with Gasteiger partial charge in [0.1, 0.15) is 5.15 Å². The number of pyridine rings is 1. The number of halogens is 1. The number of benzene rings is 2. The van der Waals surface area contributed by atoms with Gasteiger partial charge in [0, 0.05) is 34.8 Å². The maximum absolute atomic E-state index is 11.5. The molecule has 132 valence electrons. The number of nitrogens with two attached hydrogens (primary N) is 1. The van der Waals surface area contributed by atoms with Gasteiger partial charge < -0.3 is 11.1 Å². The second-order valence-corrected chi connectivity index (χ2v) is 6.19. The highest BCUT2D eigenvalue weighted by Gasteiger charge is 2.13. The highest BCUT2D eigenvalue weighted by atomic mass is 35.5. The molecule has 0 aliphatic carbocycles. The van der Waals surface area contributed by atoms with Crippen LogP contribution >= 0.6 is 11.6 Å². The third-order valence-electron chi connectivity index (χ3n) is 4.04. The minimum Gasteiger partial charge on any atom is -0.378 e. The van der Waals surface area contributed by atoms with Crippen LogP contribution < -0.4 is 11.1 Å². The van der Waals surface area contributed by atoms with Gasteiger partial charge >= 0.3 is 0 Å². The van der Waals surface area contributed by atoms with Gasteiger partial charge in [-0.15, -0.1) is 0 Å². The van der Waals surface area contributed by atoms with E-state index in [0.29, 0.717) is 27.3 Å². The molecular formula is C18H15ClN4O3. The van der Waals surface area contributed by atoms with Crippen LogP contribution in [-0.4, -0.2) is 15.8 Å². The van der Waals surface area contributed by atoms with E-state index in [9.17, 15) is 14.9 Å². The molecule has 3 rings (SSSR count). The number of rotatable bonds is 5. The Bertz CT molecular complexity index is 1010. The summed E-state index contributed by atoms with van der Waals surface area (Å²) in [4.78, 5) is 26.0. The molecule has 1 atom stereocenters. The number of nitrogens with zero attached hydrogens (tertiary/aromatic N) is 2. The van der Waals surface area contributed by atoms with E-state index in [1.54, 1.807) is 36.4 Å². The van der Waals surface area contributed by atoms with Crippen LogP contribution in [0.5, 0.6) is 0 Å². The van der Waals surface area contributed by atoms with Gasteiger partial charge in [0.2, 0.25) is 5.91 Å². The van der Waals surface area contributed by atoms with Gasteiger partial charge in [-0.3, -0.25) is 14.9 Å². The van der Waals surface area contributed by atoms with Crippen molar-refractivity contribution in [3.63, 3.8) is 0 Å². The molecule has 1 amide bonds. The molecule has 0 saturated heterocycles. The summed E-state index contributed by atoms with van der Waals surface area (Å²) in [6.45, 7) is 1.92. The van der Waals surface area contributed by atoms with Crippen molar-refractivity contribution in [2.24, 2.45) is 5.73 Å². The Kier molecular flexibility index (Phi) is 4.73. The fraction of sp³-hybridized carbons (Fsp3) is 0.111. The second kappa shape index (κ2) is 6.97. The minimum atomic E-state index is -0.531. The molecule has 26 heavy (non-hydrogen) atoms. The molecule has 3 aromatic rings. The molecule has 1 unspecified atom stereocenters. The first-order valence-corrected chi connectivity index (χ1v) is 8.14. The van der Waals surface area contributed by atoms with E-state index in [1.165, 1.54) is 12.1 Å². The van der Waals surface area contributed by atoms with E-state index in [-0.39, 0.29) is 11.7 Å². The van der Waals surface area contributed by atoms with Crippen LogP contribution in [0, 0.1) is 10.1 Å². The number of non-ortho nitro benzene ring substituents is 1. The number of aromatic nitrogens is 1. The predicted molar refractivity (Wildman–Crippen MR) is 100 cm³/mol. The summed E-state index contributed by atoms with van der Waals surface area (Å²) in [6, 6.07) is 12.7. The summed E-state index contributed by atoms with van der Waals surface area (Å²) in [5.74, 6) is -0.531. The van der Waals surface area contributed by atoms with E-state index in [4.69, 9.17) is 17.3 Å². The number of hydrogen-bond acceptors (Lipinski definition) is 5. The molecular weight excluding hydrogens is 356 g/mol. The molecule has 3 N–H and O–H groups in total. The largest absolute Gasteiger partial charge is 0.378 e. The van der Waals surface area contributed by atoms with Crippen molar-refractivity contribution < 1.29 is 9.72 Å². The van der Waals surface area contributed by atoms with Gasteiger partial charge in [-0.2, -0.15) is 0 Å². The molecule has 0 bridgehead atoms. The molecule has 1 aromatic heterocycles. The van der Waals surface area contributed by atoms with Gasteiger partial charge in [-0.05, 0) is 36.8 Å². The normalized spacial score (nSPS) is 11.9. The topological polar surface area (TPSA) is 111 Å². The molecule has 0 aliphatic heterocycles. The Hall–Kier alpha value is -3.19. The maximum atomic E-state index is 11.5. The van der Waals surface area contributed by atoms with Gasteiger partial charge in [-0.1, -0.05) is 23.7 Å². The number of anilines is 1. The Morgan fingerprint density at radius 2 is 1.92 bits per heavy atom. The van der Waals surface area contributed by atoms with Crippen molar-refractivity contribution in [1.29, 1.82) is 0 Å². The van der Waals surface area contributed by atoms with Gasteiger partial charge in [-0.25, -0.2) is 4.98 Å². The lowest BCUT2D eigenvalue weighted by molar-refractivity contribution is -0.384. The molecule has 0 spiro atoms. The quantitative estimate of drug-likeness (QED) is 0.399. The molecule has 7 nitrogen and oxygen atoms in total. The zero-order valence-electron chi connectivity index (χ0n) is 13.8. The Balaban J connectivity index is 1.97. The highest BCUT2D eigenvalue weighted by Crippen LogP contribution is 2.30. The zero-order chi connectivity index (χ0) is 18.8. The summed E-state index contributed by atoms with van der Waals surface area (Å²) in [5, 5.41) is 15.1. The Morgan fingerprint density at radius 1 is 1.23 bits per heavy atom. The lowest BCUT2D eigenvalue weighted by Gasteiger charge is -2.17. The van der Waals surface area contributed by atoms with Crippen LogP contribution in [0.25, 0.3) is 10.9 Å². The van der Waals surface area contributed by atoms with E-state index < -0.39 is 10.8 Å². The summed E-state index contributed by atoms with van der Waals surface area (Å²) >= 11 is 6.09. The highest BCUT2D eigenvalue weighted by molar-refractivity contribution is 6.30.